The van der Waals surface area contributed by atoms with Gasteiger partial charge in [-0.15, -0.1) is 0 Å². The maximum atomic E-state index is 12.1. The van der Waals surface area contributed by atoms with Gasteiger partial charge in [0.25, 0.3) is 0 Å². The van der Waals surface area contributed by atoms with E-state index in [4.69, 9.17) is 12.3 Å². The summed E-state index contributed by atoms with van der Waals surface area (Å²) in [6.07, 6.45) is 1.42. The van der Waals surface area contributed by atoms with Gasteiger partial charge in [0.1, 0.15) is 22.2 Å². The number of carbonyl (C=O) groups is 1. The predicted molar refractivity (Wildman–Crippen MR) is 112 cm³/mol. The van der Waals surface area contributed by atoms with E-state index in [1.54, 1.807) is 0 Å². The minimum Gasteiger partial charge on any atom is -0.368 e. The number of nitrogens with zero attached hydrogens (tertiary/aromatic N) is 4. The van der Waals surface area contributed by atoms with E-state index in [-0.39, 0.29) is 0 Å². The SMILES string of the molecule is [C-]#[N+]c1c(N(C)CCC)nc(SC(C(N)=O)c2ccccc2)c(C#N)c1CC. The van der Waals surface area contributed by atoms with Gasteiger partial charge in [-0.05, 0) is 24.0 Å². The lowest BCUT2D eigenvalue weighted by Crippen LogP contribution is -2.21. The van der Waals surface area contributed by atoms with Crippen LogP contribution in [0.3, 0.4) is 0 Å². The van der Waals surface area contributed by atoms with E-state index in [1.165, 1.54) is 0 Å². The van der Waals surface area contributed by atoms with Gasteiger partial charge in [0.15, 0.2) is 0 Å². The van der Waals surface area contributed by atoms with Crippen LogP contribution in [0.4, 0.5) is 11.5 Å². The van der Waals surface area contributed by atoms with Gasteiger partial charge in [-0.3, -0.25) is 4.79 Å². The van der Waals surface area contributed by atoms with E-state index >= 15 is 0 Å². The van der Waals surface area contributed by atoms with Gasteiger partial charge in [-0.2, -0.15) is 5.26 Å². The maximum absolute atomic E-state index is 12.1. The lowest BCUT2D eigenvalue weighted by Gasteiger charge is -2.23. The second-order valence-electron chi connectivity index (χ2n) is 6.25. The number of amides is 1. The number of carbonyl (C=O) groups excluding carboxylic acids is 1. The fraction of sp³-hybridized carbons (Fsp3) is 0.333. The Balaban J connectivity index is 2.65. The molecule has 1 aromatic heterocycles. The molecule has 1 amide bonds. The predicted octanol–water partition coefficient (Wildman–Crippen LogP) is 4.23. The van der Waals surface area contributed by atoms with Gasteiger partial charge >= 0.3 is 0 Å². The molecule has 7 heteroatoms. The molecule has 144 valence electrons. The molecular weight excluding hydrogens is 370 g/mol. The number of anilines is 1. The number of aromatic nitrogens is 1. The molecule has 1 unspecified atom stereocenters. The van der Waals surface area contributed by atoms with Crippen LogP contribution in [0.15, 0.2) is 35.4 Å². The quantitative estimate of drug-likeness (QED) is 0.536. The molecule has 0 spiro atoms. The van der Waals surface area contributed by atoms with Gasteiger partial charge in [0.05, 0.1) is 12.1 Å². The zero-order valence-electron chi connectivity index (χ0n) is 16.3. The highest BCUT2D eigenvalue weighted by molar-refractivity contribution is 8.00. The van der Waals surface area contributed by atoms with Gasteiger partial charge in [-0.25, -0.2) is 9.83 Å². The molecule has 0 aliphatic heterocycles. The number of primary amides is 1. The van der Waals surface area contributed by atoms with Crippen LogP contribution >= 0.6 is 11.8 Å². The average molecular weight is 394 g/mol. The summed E-state index contributed by atoms with van der Waals surface area (Å²) in [6, 6.07) is 11.4. The third-order valence-corrected chi connectivity index (χ3v) is 5.57. The van der Waals surface area contributed by atoms with Crippen molar-refractivity contribution in [2.75, 3.05) is 18.5 Å². The molecule has 2 aromatic rings. The molecule has 0 aliphatic carbocycles. The summed E-state index contributed by atoms with van der Waals surface area (Å²) in [6.45, 7) is 12.3. The van der Waals surface area contributed by atoms with Gasteiger partial charge in [0.2, 0.25) is 11.6 Å². The summed E-state index contributed by atoms with van der Waals surface area (Å²) >= 11 is 1.16. The highest BCUT2D eigenvalue weighted by Crippen LogP contribution is 2.42. The van der Waals surface area contributed by atoms with Crippen LogP contribution in [-0.2, 0) is 11.2 Å². The largest absolute Gasteiger partial charge is 0.368 e. The van der Waals surface area contributed by atoms with E-state index in [0.717, 1.165) is 30.3 Å². The molecule has 1 aromatic carbocycles. The first-order valence-corrected chi connectivity index (χ1v) is 9.92. The second kappa shape index (κ2) is 9.77. The maximum Gasteiger partial charge on any atom is 0.235 e. The van der Waals surface area contributed by atoms with Crippen molar-refractivity contribution in [3.8, 4) is 6.07 Å². The van der Waals surface area contributed by atoms with Crippen molar-refractivity contribution in [2.24, 2.45) is 5.73 Å². The van der Waals surface area contributed by atoms with Crippen molar-refractivity contribution in [3.63, 3.8) is 0 Å². The summed E-state index contributed by atoms with van der Waals surface area (Å²) < 4.78 is 0. The lowest BCUT2D eigenvalue weighted by atomic mass is 10.1. The third-order valence-electron chi connectivity index (χ3n) is 4.31. The standard InChI is InChI=1S/C21H23N5OS/c1-5-12-26(4)20-17(24-3)15(6-2)16(13-22)21(25-20)28-18(19(23)27)14-10-8-7-9-11-14/h7-11,18H,5-6,12H2,1-2,4H3,(H2,23,27). The van der Waals surface area contributed by atoms with E-state index in [0.29, 0.717) is 34.1 Å². The zero-order valence-corrected chi connectivity index (χ0v) is 17.1. The Hall–Kier alpha value is -3.03. The summed E-state index contributed by atoms with van der Waals surface area (Å²) in [4.78, 5) is 22.3. The third kappa shape index (κ3) is 4.44. The molecular formula is C21H23N5OS. The fourth-order valence-corrected chi connectivity index (χ4v) is 4.05. The number of rotatable bonds is 8. The van der Waals surface area contributed by atoms with Crippen molar-refractivity contribution in [2.45, 2.75) is 37.0 Å². The number of nitriles is 1. The van der Waals surface area contributed by atoms with E-state index < -0.39 is 11.2 Å². The first-order valence-electron chi connectivity index (χ1n) is 9.04. The molecule has 0 saturated carbocycles. The minimum atomic E-state index is -0.673. The molecule has 2 rings (SSSR count). The average Bonchev–Trinajstić information content (AvgIpc) is 2.71. The van der Waals surface area contributed by atoms with Crippen LogP contribution in [0.25, 0.3) is 4.85 Å². The molecule has 0 aliphatic rings. The topological polar surface area (TPSA) is 87.4 Å². The van der Waals surface area contributed by atoms with Gasteiger partial charge in [0, 0.05) is 13.6 Å². The summed E-state index contributed by atoms with van der Waals surface area (Å²) in [5.74, 6) is 0.0316. The Kier molecular flexibility index (Phi) is 7.43. The van der Waals surface area contributed by atoms with E-state index in [2.05, 4.69) is 15.9 Å². The van der Waals surface area contributed by atoms with E-state index in [1.807, 2.05) is 56.1 Å². The molecule has 0 fully saturated rings. The van der Waals surface area contributed by atoms with Crippen molar-refractivity contribution in [3.05, 3.63) is 58.4 Å². The second-order valence-corrected chi connectivity index (χ2v) is 7.35. The molecule has 0 radical (unpaired) electrons. The number of hydrogen-bond donors (Lipinski definition) is 1. The molecule has 6 nitrogen and oxygen atoms in total. The Morgan fingerprint density at radius 3 is 2.57 bits per heavy atom. The van der Waals surface area contributed by atoms with Crippen molar-refractivity contribution in [1.82, 2.24) is 4.98 Å². The number of pyridine rings is 1. The minimum absolute atomic E-state index is 0.342. The number of hydrogen-bond acceptors (Lipinski definition) is 5. The first kappa shape index (κ1) is 21.3. The summed E-state index contributed by atoms with van der Waals surface area (Å²) in [5, 5.41) is 9.52. The lowest BCUT2D eigenvalue weighted by molar-refractivity contribution is -0.117. The van der Waals surface area contributed by atoms with Crippen LogP contribution in [0, 0.1) is 17.9 Å². The van der Waals surface area contributed by atoms with Crippen molar-refractivity contribution < 1.29 is 4.79 Å². The Bertz CT molecular complexity index is 931. The molecule has 1 atom stereocenters. The summed E-state index contributed by atoms with van der Waals surface area (Å²) in [5.41, 5.74) is 7.80. The fourth-order valence-electron chi connectivity index (χ4n) is 2.99. The number of nitrogens with two attached hydrogens (primary N) is 1. The molecule has 0 saturated heterocycles. The number of benzene rings is 1. The number of thioether (sulfide) groups is 1. The highest BCUT2D eigenvalue weighted by Gasteiger charge is 2.26. The zero-order chi connectivity index (χ0) is 20.7. The smallest absolute Gasteiger partial charge is 0.235 e. The van der Waals surface area contributed by atoms with Crippen LogP contribution < -0.4 is 10.6 Å². The van der Waals surface area contributed by atoms with Crippen molar-refractivity contribution in [1.29, 1.82) is 5.26 Å². The normalized spacial score (nSPS) is 11.3. The van der Waals surface area contributed by atoms with Crippen molar-refractivity contribution >= 4 is 29.2 Å². The molecule has 0 bridgehead atoms. The summed E-state index contributed by atoms with van der Waals surface area (Å²) in [7, 11) is 1.88. The Labute approximate surface area is 170 Å². The molecule has 28 heavy (non-hydrogen) atoms. The van der Waals surface area contributed by atoms with E-state index in [9.17, 15) is 10.1 Å². The highest BCUT2D eigenvalue weighted by atomic mass is 32.2. The Morgan fingerprint density at radius 1 is 1.39 bits per heavy atom. The Morgan fingerprint density at radius 2 is 2.07 bits per heavy atom. The van der Waals surface area contributed by atoms with Gasteiger partial charge in [-0.1, -0.05) is 55.9 Å². The van der Waals surface area contributed by atoms with Crippen LogP contribution in [0.5, 0.6) is 0 Å². The van der Waals surface area contributed by atoms with Crippen LogP contribution in [0.2, 0.25) is 0 Å². The monoisotopic (exact) mass is 393 g/mol. The van der Waals surface area contributed by atoms with Crippen LogP contribution in [0.1, 0.15) is 42.2 Å². The first-order chi connectivity index (χ1) is 13.5. The molecule has 2 N–H and O–H groups in total. The van der Waals surface area contributed by atoms with Crippen LogP contribution in [-0.4, -0.2) is 24.5 Å². The van der Waals surface area contributed by atoms with Gasteiger partial charge < -0.3 is 10.6 Å². The molecule has 1 heterocycles.